The van der Waals surface area contributed by atoms with Gasteiger partial charge in [0.1, 0.15) is 0 Å². The van der Waals surface area contributed by atoms with E-state index in [1.54, 1.807) is 0 Å². The van der Waals surface area contributed by atoms with Crippen LogP contribution in [0.15, 0.2) is 0 Å². The Morgan fingerprint density at radius 2 is 1.86 bits per heavy atom. The smallest absolute Gasteiger partial charge is 0.225 e. The van der Waals surface area contributed by atoms with Crippen molar-refractivity contribution in [2.75, 3.05) is 39.8 Å². The van der Waals surface area contributed by atoms with Crippen molar-refractivity contribution in [2.45, 2.75) is 39.2 Å². The first-order chi connectivity index (χ1) is 9.13. The number of halogens is 2. The molecular formula is C15H31Cl2N3O. The second-order valence-electron chi connectivity index (χ2n) is 6.20. The van der Waals surface area contributed by atoms with E-state index in [1.165, 1.54) is 0 Å². The Morgan fingerprint density at radius 3 is 2.38 bits per heavy atom. The average Bonchev–Trinajstić information content (AvgIpc) is 2.46. The highest BCUT2D eigenvalue weighted by Crippen LogP contribution is 2.24. The Hall–Kier alpha value is -0.0300. The van der Waals surface area contributed by atoms with Gasteiger partial charge in [-0.2, -0.15) is 0 Å². The summed E-state index contributed by atoms with van der Waals surface area (Å²) in [6.07, 6.45) is 3.14. The van der Waals surface area contributed by atoms with Crippen molar-refractivity contribution < 1.29 is 4.79 Å². The van der Waals surface area contributed by atoms with Gasteiger partial charge in [0.15, 0.2) is 0 Å². The van der Waals surface area contributed by atoms with Crippen LogP contribution in [0.4, 0.5) is 0 Å². The van der Waals surface area contributed by atoms with Crippen LogP contribution in [0, 0.1) is 11.8 Å². The number of likely N-dealkylation sites (tertiary alicyclic amines) is 1. The second kappa shape index (κ2) is 9.88. The van der Waals surface area contributed by atoms with Crippen molar-refractivity contribution in [3.8, 4) is 0 Å². The van der Waals surface area contributed by atoms with Crippen LogP contribution in [0.25, 0.3) is 0 Å². The zero-order valence-corrected chi connectivity index (χ0v) is 15.1. The minimum Gasteiger partial charge on any atom is -0.342 e. The van der Waals surface area contributed by atoms with Gasteiger partial charge in [-0.25, -0.2) is 0 Å². The van der Waals surface area contributed by atoms with Crippen molar-refractivity contribution >= 4 is 30.7 Å². The summed E-state index contributed by atoms with van der Waals surface area (Å²) in [5.41, 5.74) is 0. The molecule has 1 N–H and O–H groups in total. The van der Waals surface area contributed by atoms with E-state index in [4.69, 9.17) is 0 Å². The fraction of sp³-hybridized carbons (Fsp3) is 0.933. The molecule has 2 atom stereocenters. The fourth-order valence-corrected chi connectivity index (χ4v) is 3.60. The number of carbonyl (C=O) groups is 1. The van der Waals surface area contributed by atoms with Gasteiger partial charge in [-0.05, 0) is 44.8 Å². The summed E-state index contributed by atoms with van der Waals surface area (Å²) in [5.74, 6) is 1.22. The molecular weight excluding hydrogens is 309 g/mol. The van der Waals surface area contributed by atoms with Crippen molar-refractivity contribution in [2.24, 2.45) is 11.8 Å². The molecule has 2 aliphatic rings. The summed E-state index contributed by atoms with van der Waals surface area (Å²) < 4.78 is 0. The van der Waals surface area contributed by atoms with Crippen molar-refractivity contribution in [1.82, 2.24) is 15.1 Å². The lowest BCUT2D eigenvalue weighted by molar-refractivity contribution is -0.139. The average molecular weight is 340 g/mol. The maximum Gasteiger partial charge on any atom is 0.225 e. The number of hydrogen-bond donors (Lipinski definition) is 1. The summed E-state index contributed by atoms with van der Waals surface area (Å²) in [5, 5.41) is 3.33. The third-order valence-corrected chi connectivity index (χ3v) is 4.92. The van der Waals surface area contributed by atoms with Crippen LogP contribution in [-0.4, -0.2) is 61.5 Å². The van der Waals surface area contributed by atoms with Crippen LogP contribution >= 0.6 is 24.8 Å². The van der Waals surface area contributed by atoms with Gasteiger partial charge < -0.3 is 15.1 Å². The SMILES string of the molecule is CCN1CCC(N(C)C(=O)C2CCNCC2)C(C)C1.Cl.Cl. The molecule has 0 aromatic heterocycles. The monoisotopic (exact) mass is 339 g/mol. The Balaban J connectivity index is 0.00000200. The van der Waals surface area contributed by atoms with E-state index in [9.17, 15) is 4.79 Å². The fourth-order valence-electron chi connectivity index (χ4n) is 3.60. The maximum atomic E-state index is 12.6. The van der Waals surface area contributed by atoms with Gasteiger partial charge in [-0.1, -0.05) is 13.8 Å². The van der Waals surface area contributed by atoms with Crippen LogP contribution in [0.2, 0.25) is 0 Å². The summed E-state index contributed by atoms with van der Waals surface area (Å²) in [7, 11) is 2.02. The minimum atomic E-state index is 0. The minimum absolute atomic E-state index is 0. The molecule has 21 heavy (non-hydrogen) atoms. The lowest BCUT2D eigenvalue weighted by atomic mass is 9.90. The predicted octanol–water partition coefficient (Wildman–Crippen LogP) is 2.02. The Kier molecular flexibility index (Phi) is 9.87. The van der Waals surface area contributed by atoms with Gasteiger partial charge in [0.2, 0.25) is 5.91 Å². The van der Waals surface area contributed by atoms with Gasteiger partial charge in [-0.3, -0.25) is 4.79 Å². The summed E-state index contributed by atoms with van der Waals surface area (Å²) in [4.78, 5) is 17.1. The highest BCUT2D eigenvalue weighted by atomic mass is 35.5. The quantitative estimate of drug-likeness (QED) is 0.854. The van der Waals surface area contributed by atoms with Crippen LogP contribution in [0.3, 0.4) is 0 Å². The molecule has 0 aromatic carbocycles. The Bertz CT molecular complexity index is 311. The second-order valence-corrected chi connectivity index (χ2v) is 6.20. The predicted molar refractivity (Wildman–Crippen MR) is 92.5 cm³/mol. The standard InChI is InChI=1S/C15H29N3O.2ClH/c1-4-18-10-7-14(12(2)11-18)17(3)15(19)13-5-8-16-9-6-13;;/h12-14,16H,4-11H2,1-3H3;2*1H. The van der Waals surface area contributed by atoms with E-state index >= 15 is 0 Å². The number of carbonyl (C=O) groups excluding carboxylic acids is 1. The van der Waals surface area contributed by atoms with E-state index in [0.717, 1.165) is 52.0 Å². The Labute approximate surface area is 141 Å². The molecule has 2 heterocycles. The molecule has 2 rings (SSSR count). The summed E-state index contributed by atoms with van der Waals surface area (Å²) in [6.45, 7) is 9.89. The van der Waals surface area contributed by atoms with Gasteiger partial charge >= 0.3 is 0 Å². The van der Waals surface area contributed by atoms with Gasteiger partial charge in [0.25, 0.3) is 0 Å². The first-order valence-electron chi connectivity index (χ1n) is 7.83. The third-order valence-electron chi connectivity index (χ3n) is 4.92. The number of rotatable bonds is 3. The number of nitrogens with one attached hydrogen (secondary N) is 1. The van der Waals surface area contributed by atoms with E-state index < -0.39 is 0 Å². The van der Waals surface area contributed by atoms with E-state index in [2.05, 4.69) is 29.0 Å². The lowest BCUT2D eigenvalue weighted by Gasteiger charge is -2.42. The lowest BCUT2D eigenvalue weighted by Crippen LogP contribution is -2.52. The van der Waals surface area contributed by atoms with Gasteiger partial charge in [0, 0.05) is 32.1 Å². The topological polar surface area (TPSA) is 35.6 Å². The van der Waals surface area contributed by atoms with Crippen molar-refractivity contribution in [1.29, 1.82) is 0 Å². The molecule has 0 saturated carbocycles. The highest BCUT2D eigenvalue weighted by molar-refractivity contribution is 5.85. The van der Waals surface area contributed by atoms with E-state index in [-0.39, 0.29) is 30.7 Å². The number of amides is 1. The molecule has 0 bridgehead atoms. The maximum absolute atomic E-state index is 12.6. The molecule has 0 aliphatic carbocycles. The summed E-state index contributed by atoms with van der Waals surface area (Å²) in [6, 6.07) is 0.435. The molecule has 2 saturated heterocycles. The zero-order chi connectivity index (χ0) is 13.8. The highest BCUT2D eigenvalue weighted by Gasteiger charge is 2.33. The number of hydrogen-bond acceptors (Lipinski definition) is 3. The first kappa shape index (κ1) is 21.0. The first-order valence-corrected chi connectivity index (χ1v) is 7.83. The van der Waals surface area contributed by atoms with E-state index in [1.807, 2.05) is 7.05 Å². The molecule has 4 nitrogen and oxygen atoms in total. The normalized spacial score (nSPS) is 27.4. The molecule has 0 spiro atoms. The van der Waals surface area contributed by atoms with Crippen LogP contribution in [0.5, 0.6) is 0 Å². The van der Waals surface area contributed by atoms with Crippen LogP contribution in [-0.2, 0) is 4.79 Å². The van der Waals surface area contributed by atoms with Crippen LogP contribution < -0.4 is 5.32 Å². The third kappa shape index (κ3) is 5.27. The zero-order valence-electron chi connectivity index (χ0n) is 13.5. The molecule has 0 radical (unpaired) electrons. The molecule has 2 unspecified atom stereocenters. The largest absolute Gasteiger partial charge is 0.342 e. The molecule has 1 amide bonds. The van der Waals surface area contributed by atoms with Gasteiger partial charge in [0.05, 0.1) is 0 Å². The Morgan fingerprint density at radius 1 is 1.24 bits per heavy atom. The summed E-state index contributed by atoms with van der Waals surface area (Å²) >= 11 is 0. The molecule has 0 aromatic rings. The van der Waals surface area contributed by atoms with Crippen molar-refractivity contribution in [3.63, 3.8) is 0 Å². The molecule has 126 valence electrons. The molecule has 6 heteroatoms. The van der Waals surface area contributed by atoms with Gasteiger partial charge in [-0.15, -0.1) is 24.8 Å². The van der Waals surface area contributed by atoms with Crippen LogP contribution in [0.1, 0.15) is 33.1 Å². The molecule has 2 fully saturated rings. The van der Waals surface area contributed by atoms with Crippen molar-refractivity contribution in [3.05, 3.63) is 0 Å². The molecule has 2 aliphatic heterocycles. The number of nitrogens with zero attached hydrogens (tertiary/aromatic N) is 2. The van der Waals surface area contributed by atoms with E-state index in [0.29, 0.717) is 17.9 Å². The number of piperidine rings is 2.